The fraction of sp³-hybridized carbons (Fsp3) is 0.560. The summed E-state index contributed by atoms with van der Waals surface area (Å²) in [6.45, 7) is 9.52. The van der Waals surface area contributed by atoms with Crippen molar-refractivity contribution in [3.8, 4) is 11.3 Å². The molecule has 2 aromatic rings. The van der Waals surface area contributed by atoms with Gasteiger partial charge in [-0.25, -0.2) is 0 Å². The second kappa shape index (κ2) is 9.80. The van der Waals surface area contributed by atoms with Crippen molar-refractivity contribution in [2.45, 2.75) is 58.2 Å². The van der Waals surface area contributed by atoms with Crippen LogP contribution in [0.15, 0.2) is 47.1 Å². The van der Waals surface area contributed by atoms with Crippen LogP contribution in [-0.2, 0) is 11.3 Å². The highest BCUT2D eigenvalue weighted by molar-refractivity contribution is 5.79. The van der Waals surface area contributed by atoms with Gasteiger partial charge in [-0.3, -0.25) is 9.69 Å². The summed E-state index contributed by atoms with van der Waals surface area (Å²) in [4.78, 5) is 17.5. The molecule has 162 valence electrons. The zero-order valence-corrected chi connectivity index (χ0v) is 18.3. The van der Waals surface area contributed by atoms with Crippen LogP contribution >= 0.6 is 0 Å². The highest BCUT2D eigenvalue weighted by Crippen LogP contribution is 2.25. The van der Waals surface area contributed by atoms with Gasteiger partial charge in [0.15, 0.2) is 0 Å². The minimum absolute atomic E-state index is 0.202. The highest BCUT2D eigenvalue weighted by Gasteiger charge is 2.30. The summed E-state index contributed by atoms with van der Waals surface area (Å²) in [5.41, 5.74) is 2.49. The van der Waals surface area contributed by atoms with Gasteiger partial charge in [0.1, 0.15) is 5.76 Å². The minimum Gasteiger partial charge on any atom is -0.464 e. The van der Waals surface area contributed by atoms with Gasteiger partial charge in [-0.15, -0.1) is 0 Å². The summed E-state index contributed by atoms with van der Waals surface area (Å²) in [5, 5.41) is 3.08. The van der Waals surface area contributed by atoms with Gasteiger partial charge >= 0.3 is 0 Å². The fourth-order valence-corrected chi connectivity index (χ4v) is 4.85. The van der Waals surface area contributed by atoms with Crippen molar-refractivity contribution in [2.24, 2.45) is 5.92 Å². The number of hydrogen-bond acceptors (Lipinski definition) is 4. The smallest absolute Gasteiger partial charge is 0.223 e. The molecular weight excluding hydrogens is 374 g/mol. The molecule has 0 atom stereocenters. The monoisotopic (exact) mass is 409 g/mol. The van der Waals surface area contributed by atoms with Crippen LogP contribution in [0.1, 0.15) is 45.1 Å². The highest BCUT2D eigenvalue weighted by atomic mass is 16.3. The molecule has 3 heterocycles. The maximum Gasteiger partial charge on any atom is 0.223 e. The van der Waals surface area contributed by atoms with Gasteiger partial charge in [0.25, 0.3) is 0 Å². The molecule has 0 bridgehead atoms. The molecule has 1 aromatic carbocycles. The number of hydrogen-bond donors (Lipinski definition) is 1. The van der Waals surface area contributed by atoms with Crippen LogP contribution in [0, 0.1) is 5.92 Å². The van der Waals surface area contributed by atoms with Crippen molar-refractivity contribution in [1.82, 2.24) is 15.1 Å². The van der Waals surface area contributed by atoms with Crippen molar-refractivity contribution in [2.75, 3.05) is 26.2 Å². The predicted octanol–water partition coefficient (Wildman–Crippen LogP) is 4.15. The Hall–Kier alpha value is -2.11. The average Bonchev–Trinajstić information content (AvgIpc) is 3.29. The Morgan fingerprint density at radius 2 is 1.73 bits per heavy atom. The summed E-state index contributed by atoms with van der Waals surface area (Å²) < 4.78 is 5.48. The van der Waals surface area contributed by atoms with Gasteiger partial charge in [0.2, 0.25) is 5.91 Å². The number of rotatable bonds is 6. The first-order valence-electron chi connectivity index (χ1n) is 11.5. The van der Waals surface area contributed by atoms with Gasteiger partial charge in [-0.1, -0.05) is 24.3 Å². The summed E-state index contributed by atoms with van der Waals surface area (Å²) >= 11 is 0. The van der Waals surface area contributed by atoms with Gasteiger partial charge in [0.05, 0.1) is 6.26 Å². The van der Waals surface area contributed by atoms with E-state index in [1.54, 1.807) is 6.26 Å². The van der Waals surface area contributed by atoms with E-state index in [0.717, 1.165) is 56.9 Å². The normalized spacial score (nSPS) is 20.0. The zero-order valence-electron chi connectivity index (χ0n) is 18.3. The number of furan rings is 1. The first-order valence-corrected chi connectivity index (χ1v) is 11.5. The third-order valence-corrected chi connectivity index (χ3v) is 6.57. The van der Waals surface area contributed by atoms with Crippen LogP contribution in [0.25, 0.3) is 11.3 Å². The molecule has 30 heavy (non-hydrogen) atoms. The molecule has 4 rings (SSSR count). The number of piperidine rings is 2. The van der Waals surface area contributed by atoms with Crippen LogP contribution in [0.5, 0.6) is 0 Å². The molecule has 2 fully saturated rings. The van der Waals surface area contributed by atoms with Crippen LogP contribution < -0.4 is 5.32 Å². The topological polar surface area (TPSA) is 48.7 Å². The van der Waals surface area contributed by atoms with E-state index in [0.29, 0.717) is 6.04 Å². The number of carbonyl (C=O) groups excluding carboxylic acids is 1. The standard InChI is InChI=1S/C25H35N3O2/c1-19(2)26-25(29)22-9-15-28(16-10-22)23-11-13-27(14-12-23)18-20-5-7-21(8-6-20)24-4-3-17-30-24/h3-8,17,19,22-23H,9-16,18H2,1-2H3,(H,26,29). The SMILES string of the molecule is CC(C)NC(=O)C1CCN(C2CCN(Cc3ccc(-c4ccco4)cc3)CC2)CC1. The maximum atomic E-state index is 12.3. The lowest BCUT2D eigenvalue weighted by molar-refractivity contribution is -0.127. The van der Waals surface area contributed by atoms with E-state index in [1.165, 1.54) is 18.4 Å². The molecule has 1 amide bonds. The summed E-state index contributed by atoms with van der Waals surface area (Å²) in [6, 6.07) is 13.6. The third kappa shape index (κ3) is 5.32. The van der Waals surface area contributed by atoms with Crippen molar-refractivity contribution in [1.29, 1.82) is 0 Å². The van der Waals surface area contributed by atoms with E-state index < -0.39 is 0 Å². The lowest BCUT2D eigenvalue weighted by atomic mass is 9.92. The molecular formula is C25H35N3O2. The third-order valence-electron chi connectivity index (χ3n) is 6.57. The van der Waals surface area contributed by atoms with Gasteiger partial charge < -0.3 is 14.6 Å². The Morgan fingerprint density at radius 3 is 2.33 bits per heavy atom. The molecule has 5 heteroatoms. The van der Waals surface area contributed by atoms with Crippen LogP contribution in [0.2, 0.25) is 0 Å². The molecule has 2 saturated heterocycles. The lowest BCUT2D eigenvalue weighted by Gasteiger charge is -2.41. The van der Waals surface area contributed by atoms with E-state index in [-0.39, 0.29) is 17.9 Å². The van der Waals surface area contributed by atoms with Crippen molar-refractivity contribution < 1.29 is 9.21 Å². The number of nitrogens with zero attached hydrogens (tertiary/aromatic N) is 2. The van der Waals surface area contributed by atoms with Crippen LogP contribution in [-0.4, -0.2) is 54.0 Å². The minimum atomic E-state index is 0.202. The molecule has 5 nitrogen and oxygen atoms in total. The van der Waals surface area contributed by atoms with E-state index in [2.05, 4.69) is 39.4 Å². The molecule has 0 unspecified atom stereocenters. The van der Waals surface area contributed by atoms with Gasteiger partial charge in [-0.2, -0.15) is 0 Å². The first kappa shape index (κ1) is 21.1. The molecule has 0 radical (unpaired) electrons. The maximum absolute atomic E-state index is 12.3. The number of nitrogens with one attached hydrogen (secondary N) is 1. The Labute approximate surface area is 180 Å². The second-order valence-corrected chi connectivity index (χ2v) is 9.16. The molecule has 0 aliphatic carbocycles. The van der Waals surface area contributed by atoms with E-state index in [9.17, 15) is 4.79 Å². The molecule has 1 N–H and O–H groups in total. The predicted molar refractivity (Wildman–Crippen MR) is 120 cm³/mol. The van der Waals surface area contributed by atoms with E-state index >= 15 is 0 Å². The molecule has 0 spiro atoms. The lowest BCUT2D eigenvalue weighted by Crippen LogP contribution is -2.49. The molecule has 2 aliphatic heterocycles. The Balaban J connectivity index is 1.20. The average molecular weight is 410 g/mol. The Morgan fingerprint density at radius 1 is 1.03 bits per heavy atom. The largest absolute Gasteiger partial charge is 0.464 e. The van der Waals surface area contributed by atoms with Gasteiger partial charge in [-0.05, 0) is 83.4 Å². The van der Waals surface area contributed by atoms with Crippen molar-refractivity contribution in [3.05, 3.63) is 48.2 Å². The van der Waals surface area contributed by atoms with Crippen molar-refractivity contribution in [3.63, 3.8) is 0 Å². The van der Waals surface area contributed by atoms with Crippen molar-refractivity contribution >= 4 is 5.91 Å². The summed E-state index contributed by atoms with van der Waals surface area (Å²) in [7, 11) is 0. The Kier molecular flexibility index (Phi) is 6.90. The van der Waals surface area contributed by atoms with E-state index in [4.69, 9.17) is 4.42 Å². The fourth-order valence-electron chi connectivity index (χ4n) is 4.85. The number of likely N-dealkylation sites (tertiary alicyclic amines) is 2. The first-order chi connectivity index (χ1) is 14.6. The van der Waals surface area contributed by atoms with E-state index in [1.807, 2.05) is 26.0 Å². The van der Waals surface area contributed by atoms with Gasteiger partial charge in [0, 0.05) is 30.1 Å². The number of amides is 1. The molecule has 0 saturated carbocycles. The summed E-state index contributed by atoms with van der Waals surface area (Å²) in [6.07, 6.45) is 6.18. The van der Waals surface area contributed by atoms with Crippen LogP contribution in [0.4, 0.5) is 0 Å². The molecule has 2 aliphatic rings. The number of benzene rings is 1. The Bertz CT molecular complexity index is 784. The second-order valence-electron chi connectivity index (χ2n) is 9.16. The van der Waals surface area contributed by atoms with Crippen LogP contribution in [0.3, 0.4) is 0 Å². The summed E-state index contributed by atoms with van der Waals surface area (Å²) in [5.74, 6) is 1.37. The quantitative estimate of drug-likeness (QED) is 0.779. The number of carbonyl (C=O) groups is 1. The zero-order chi connectivity index (χ0) is 20.9. The molecule has 1 aromatic heterocycles.